The fraction of sp³-hybridized carbons (Fsp3) is 0.455. The maximum absolute atomic E-state index is 3.63. The average molecular weight is 338 g/mol. The fourth-order valence-corrected chi connectivity index (χ4v) is 3.99. The largest absolute Gasteiger partial charge is 0.364 e. The Hall–Kier alpha value is -2.16. The molecule has 3 heterocycles. The zero-order valence-corrected chi connectivity index (χ0v) is 16.1. The van der Waals surface area contributed by atoms with Crippen LogP contribution in [0.15, 0.2) is 24.5 Å². The summed E-state index contributed by atoms with van der Waals surface area (Å²) in [5.41, 5.74) is 11.2. The van der Waals surface area contributed by atoms with E-state index in [0.29, 0.717) is 0 Å². The van der Waals surface area contributed by atoms with E-state index in [2.05, 4.69) is 67.2 Å². The lowest BCUT2D eigenvalue weighted by Gasteiger charge is -2.04. The lowest BCUT2D eigenvalue weighted by atomic mass is 10.0. The van der Waals surface area contributed by atoms with E-state index in [4.69, 9.17) is 0 Å². The van der Waals surface area contributed by atoms with E-state index in [1.54, 1.807) is 0 Å². The van der Waals surface area contributed by atoms with Gasteiger partial charge in [-0.15, -0.1) is 0 Å². The van der Waals surface area contributed by atoms with Crippen LogP contribution in [0, 0.1) is 0 Å². The molecule has 3 aromatic heterocycles. The maximum Gasteiger partial charge on any atom is 0.0281 e. The Balaban J connectivity index is 1.75. The second kappa shape index (κ2) is 7.81. The molecule has 134 valence electrons. The number of H-pyrrole nitrogens is 3. The Labute approximate surface area is 151 Å². The number of hydrogen-bond acceptors (Lipinski definition) is 0. The quantitative estimate of drug-likeness (QED) is 0.512. The molecule has 0 amide bonds. The summed E-state index contributed by atoms with van der Waals surface area (Å²) in [6.45, 7) is 8.94. The van der Waals surface area contributed by atoms with Crippen molar-refractivity contribution in [1.29, 1.82) is 0 Å². The van der Waals surface area contributed by atoms with Gasteiger partial charge in [-0.25, -0.2) is 0 Å². The number of hydrogen-bond donors (Lipinski definition) is 3. The van der Waals surface area contributed by atoms with Crippen molar-refractivity contribution in [2.75, 3.05) is 0 Å². The van der Waals surface area contributed by atoms with Gasteiger partial charge in [0.05, 0.1) is 0 Å². The van der Waals surface area contributed by atoms with E-state index in [0.717, 1.165) is 38.5 Å². The van der Waals surface area contributed by atoms with E-state index in [1.165, 1.54) is 45.0 Å². The molecule has 0 saturated carbocycles. The van der Waals surface area contributed by atoms with Crippen LogP contribution >= 0.6 is 0 Å². The molecule has 25 heavy (non-hydrogen) atoms. The number of rotatable bonds is 8. The molecule has 0 aliphatic heterocycles. The van der Waals surface area contributed by atoms with E-state index in [1.807, 2.05) is 0 Å². The van der Waals surface area contributed by atoms with Gasteiger partial charge in [-0.1, -0.05) is 27.7 Å². The Morgan fingerprint density at radius 1 is 0.640 bits per heavy atom. The van der Waals surface area contributed by atoms with Gasteiger partial charge in [0, 0.05) is 48.0 Å². The summed E-state index contributed by atoms with van der Waals surface area (Å²) < 4.78 is 0. The lowest BCUT2D eigenvalue weighted by molar-refractivity contribution is 0.953. The zero-order valence-electron chi connectivity index (χ0n) is 16.1. The molecule has 0 aliphatic carbocycles. The molecule has 0 aromatic carbocycles. The van der Waals surface area contributed by atoms with Crippen molar-refractivity contribution in [1.82, 2.24) is 15.0 Å². The molecular weight excluding hydrogens is 306 g/mol. The number of aromatic nitrogens is 3. The minimum Gasteiger partial charge on any atom is -0.364 e. The first kappa shape index (κ1) is 17.7. The highest BCUT2D eigenvalue weighted by Gasteiger charge is 2.12. The van der Waals surface area contributed by atoms with Crippen molar-refractivity contribution in [3.05, 3.63) is 69.6 Å². The molecule has 3 rings (SSSR count). The highest BCUT2D eigenvalue weighted by atomic mass is 14.8. The predicted octanol–water partition coefficient (Wildman–Crippen LogP) is 5.10. The molecule has 0 saturated heterocycles. The Morgan fingerprint density at radius 2 is 1.08 bits per heavy atom. The Kier molecular flexibility index (Phi) is 5.52. The van der Waals surface area contributed by atoms with Crippen LogP contribution in [0.25, 0.3) is 0 Å². The van der Waals surface area contributed by atoms with Crippen molar-refractivity contribution in [2.24, 2.45) is 0 Å². The predicted molar refractivity (Wildman–Crippen MR) is 106 cm³/mol. The monoisotopic (exact) mass is 337 g/mol. The second-order valence-corrected chi connectivity index (χ2v) is 6.82. The lowest BCUT2D eigenvalue weighted by Crippen LogP contribution is -1.97. The Morgan fingerprint density at radius 3 is 1.44 bits per heavy atom. The van der Waals surface area contributed by atoms with Crippen LogP contribution in [0.4, 0.5) is 0 Å². The molecule has 0 spiro atoms. The third-order valence-corrected chi connectivity index (χ3v) is 5.36. The third kappa shape index (κ3) is 3.60. The van der Waals surface area contributed by atoms with E-state index in [-0.39, 0.29) is 0 Å². The molecular formula is C22H31N3. The van der Waals surface area contributed by atoms with Gasteiger partial charge < -0.3 is 15.0 Å². The van der Waals surface area contributed by atoms with Crippen LogP contribution in [-0.4, -0.2) is 15.0 Å². The smallest absolute Gasteiger partial charge is 0.0281 e. The topological polar surface area (TPSA) is 47.4 Å². The van der Waals surface area contributed by atoms with E-state index in [9.17, 15) is 0 Å². The van der Waals surface area contributed by atoms with Gasteiger partial charge in [0.25, 0.3) is 0 Å². The summed E-state index contributed by atoms with van der Waals surface area (Å²) in [4.78, 5) is 10.6. The number of nitrogens with one attached hydrogen (secondary N) is 3. The normalized spacial score (nSPS) is 11.4. The van der Waals surface area contributed by atoms with Crippen LogP contribution in [-0.2, 0) is 38.5 Å². The molecule has 0 radical (unpaired) electrons. The molecule has 3 N–H and O–H groups in total. The van der Waals surface area contributed by atoms with Gasteiger partial charge in [0.2, 0.25) is 0 Å². The van der Waals surface area contributed by atoms with Gasteiger partial charge in [-0.2, -0.15) is 0 Å². The minimum absolute atomic E-state index is 0.953. The fourth-order valence-electron chi connectivity index (χ4n) is 3.99. The van der Waals surface area contributed by atoms with Gasteiger partial charge in [-0.3, -0.25) is 0 Å². The summed E-state index contributed by atoms with van der Waals surface area (Å²) in [5.74, 6) is 0. The van der Waals surface area contributed by atoms with Crippen LogP contribution < -0.4 is 0 Å². The summed E-state index contributed by atoms with van der Waals surface area (Å²) in [5, 5.41) is 0. The first-order valence-electron chi connectivity index (χ1n) is 9.72. The van der Waals surface area contributed by atoms with Crippen molar-refractivity contribution < 1.29 is 0 Å². The van der Waals surface area contributed by atoms with Gasteiger partial charge in [-0.05, 0) is 60.1 Å². The van der Waals surface area contributed by atoms with Crippen molar-refractivity contribution >= 4 is 0 Å². The van der Waals surface area contributed by atoms with Crippen molar-refractivity contribution in [3.8, 4) is 0 Å². The van der Waals surface area contributed by atoms with Crippen molar-refractivity contribution in [2.45, 2.75) is 66.2 Å². The molecule has 0 unspecified atom stereocenters. The standard InChI is InChI=1S/C22H31N3/c1-5-15-13-23-21(19(15)7-3)11-17-9-10-18(25-17)12-22-20(8-4)16(6-2)14-24-22/h9-10,13-14,23-25H,5-8,11-12H2,1-4H3. The highest BCUT2D eigenvalue weighted by molar-refractivity contribution is 5.36. The average Bonchev–Trinajstić information content (AvgIpc) is 3.33. The van der Waals surface area contributed by atoms with Crippen LogP contribution in [0.1, 0.15) is 72.7 Å². The van der Waals surface area contributed by atoms with Crippen LogP contribution in [0.2, 0.25) is 0 Å². The first-order valence-corrected chi connectivity index (χ1v) is 9.72. The number of aryl methyl sites for hydroxylation is 2. The van der Waals surface area contributed by atoms with E-state index < -0.39 is 0 Å². The maximum atomic E-state index is 3.63. The molecule has 0 bridgehead atoms. The third-order valence-electron chi connectivity index (χ3n) is 5.36. The molecule has 0 fully saturated rings. The SMILES string of the molecule is CCc1c[nH]c(Cc2ccc(Cc3[nH]cc(CC)c3CC)[nH]2)c1CC. The summed E-state index contributed by atoms with van der Waals surface area (Å²) in [7, 11) is 0. The van der Waals surface area contributed by atoms with E-state index >= 15 is 0 Å². The Bertz CT molecular complexity index is 750. The minimum atomic E-state index is 0.953. The number of aromatic amines is 3. The van der Waals surface area contributed by atoms with Crippen LogP contribution in [0.5, 0.6) is 0 Å². The van der Waals surface area contributed by atoms with Gasteiger partial charge >= 0.3 is 0 Å². The molecule has 3 heteroatoms. The summed E-state index contributed by atoms with van der Waals surface area (Å²) in [6, 6.07) is 4.47. The molecule has 3 aromatic rings. The zero-order chi connectivity index (χ0) is 17.8. The van der Waals surface area contributed by atoms with Gasteiger partial charge in [0.15, 0.2) is 0 Å². The highest BCUT2D eigenvalue weighted by Crippen LogP contribution is 2.21. The summed E-state index contributed by atoms with van der Waals surface area (Å²) in [6.07, 6.45) is 10.6. The second-order valence-electron chi connectivity index (χ2n) is 6.82. The summed E-state index contributed by atoms with van der Waals surface area (Å²) >= 11 is 0. The van der Waals surface area contributed by atoms with Gasteiger partial charge in [0.1, 0.15) is 0 Å². The molecule has 0 atom stereocenters. The first-order chi connectivity index (χ1) is 12.2. The molecule has 3 nitrogen and oxygen atoms in total. The molecule has 0 aliphatic rings. The van der Waals surface area contributed by atoms with Crippen LogP contribution in [0.3, 0.4) is 0 Å². The van der Waals surface area contributed by atoms with Crippen molar-refractivity contribution in [3.63, 3.8) is 0 Å².